The van der Waals surface area contributed by atoms with E-state index in [4.69, 9.17) is 9.72 Å². The Balaban J connectivity index is 1.40. The third-order valence-corrected chi connectivity index (χ3v) is 6.06. The van der Waals surface area contributed by atoms with Gasteiger partial charge in [-0.15, -0.1) is 11.3 Å². The smallest absolute Gasteiger partial charge is 0.163 e. The summed E-state index contributed by atoms with van der Waals surface area (Å²) in [7, 11) is 0. The molecule has 2 aromatic heterocycles. The van der Waals surface area contributed by atoms with Gasteiger partial charge in [-0.3, -0.25) is 0 Å². The van der Waals surface area contributed by atoms with E-state index in [0.29, 0.717) is 0 Å². The zero-order valence-corrected chi connectivity index (χ0v) is 17.1. The van der Waals surface area contributed by atoms with Crippen molar-refractivity contribution >= 4 is 38.6 Å². The van der Waals surface area contributed by atoms with Gasteiger partial charge in [0.05, 0.1) is 13.2 Å². The summed E-state index contributed by atoms with van der Waals surface area (Å²) in [5, 5.41) is 6.77. The molecule has 0 saturated carbocycles. The Hall–Kier alpha value is -2.96. The SMILES string of the molecule is Cc1cc(Nc2ccc(N3CCOCC3)cc2)nc(-c2csc3ccccc23)n1. The summed E-state index contributed by atoms with van der Waals surface area (Å²) >= 11 is 1.73. The number of benzene rings is 2. The Morgan fingerprint density at radius 3 is 2.62 bits per heavy atom. The summed E-state index contributed by atoms with van der Waals surface area (Å²) in [4.78, 5) is 11.8. The zero-order valence-electron chi connectivity index (χ0n) is 16.3. The van der Waals surface area contributed by atoms with E-state index < -0.39 is 0 Å². The molecular formula is C23H22N4OS. The van der Waals surface area contributed by atoms with Crippen LogP contribution in [0.5, 0.6) is 0 Å². The van der Waals surface area contributed by atoms with Crippen molar-refractivity contribution < 1.29 is 4.74 Å². The van der Waals surface area contributed by atoms with Gasteiger partial charge in [-0.2, -0.15) is 0 Å². The van der Waals surface area contributed by atoms with Crippen LogP contribution in [-0.4, -0.2) is 36.3 Å². The molecular weight excluding hydrogens is 380 g/mol. The van der Waals surface area contributed by atoms with E-state index in [1.54, 1.807) is 11.3 Å². The van der Waals surface area contributed by atoms with Gasteiger partial charge in [-0.05, 0) is 37.3 Å². The molecule has 0 aliphatic carbocycles. The van der Waals surface area contributed by atoms with Crippen LogP contribution in [0.1, 0.15) is 5.69 Å². The van der Waals surface area contributed by atoms with Crippen molar-refractivity contribution in [1.29, 1.82) is 0 Å². The minimum atomic E-state index is 0.759. The summed E-state index contributed by atoms with van der Waals surface area (Å²) in [6.45, 7) is 5.47. The molecule has 5 rings (SSSR count). The minimum absolute atomic E-state index is 0.759. The summed E-state index contributed by atoms with van der Waals surface area (Å²) < 4.78 is 6.69. The van der Waals surface area contributed by atoms with E-state index in [1.807, 2.05) is 13.0 Å². The molecule has 29 heavy (non-hydrogen) atoms. The van der Waals surface area contributed by atoms with Crippen molar-refractivity contribution in [3.8, 4) is 11.4 Å². The number of morpholine rings is 1. The van der Waals surface area contributed by atoms with Crippen LogP contribution in [-0.2, 0) is 4.74 Å². The van der Waals surface area contributed by atoms with E-state index >= 15 is 0 Å². The maximum absolute atomic E-state index is 5.44. The zero-order chi connectivity index (χ0) is 19.6. The molecule has 0 spiro atoms. The normalized spacial score (nSPS) is 14.3. The molecule has 4 aromatic rings. The Morgan fingerprint density at radius 2 is 1.79 bits per heavy atom. The molecule has 6 heteroatoms. The highest BCUT2D eigenvalue weighted by Gasteiger charge is 2.12. The lowest BCUT2D eigenvalue weighted by Gasteiger charge is -2.28. The number of nitrogens with zero attached hydrogens (tertiary/aromatic N) is 3. The van der Waals surface area contributed by atoms with Crippen molar-refractivity contribution in [2.24, 2.45) is 0 Å². The first-order valence-corrected chi connectivity index (χ1v) is 10.7. The predicted molar refractivity (Wildman–Crippen MR) is 120 cm³/mol. The van der Waals surface area contributed by atoms with Crippen molar-refractivity contribution in [3.05, 3.63) is 65.7 Å². The molecule has 1 fully saturated rings. The van der Waals surface area contributed by atoms with Crippen LogP contribution < -0.4 is 10.2 Å². The lowest BCUT2D eigenvalue weighted by Crippen LogP contribution is -2.36. The van der Waals surface area contributed by atoms with Gasteiger partial charge in [0, 0.05) is 57.3 Å². The van der Waals surface area contributed by atoms with Crippen LogP contribution in [0, 0.1) is 6.92 Å². The molecule has 0 atom stereocenters. The molecule has 0 bridgehead atoms. The van der Waals surface area contributed by atoms with Crippen molar-refractivity contribution in [2.45, 2.75) is 6.92 Å². The molecule has 5 nitrogen and oxygen atoms in total. The summed E-state index contributed by atoms with van der Waals surface area (Å²) in [5.74, 6) is 1.57. The van der Waals surface area contributed by atoms with Crippen LogP contribution in [0.3, 0.4) is 0 Å². The highest BCUT2D eigenvalue weighted by Crippen LogP contribution is 2.33. The Morgan fingerprint density at radius 1 is 1.00 bits per heavy atom. The summed E-state index contributed by atoms with van der Waals surface area (Å²) in [6, 6.07) is 18.9. The lowest BCUT2D eigenvalue weighted by molar-refractivity contribution is 0.122. The van der Waals surface area contributed by atoms with Crippen LogP contribution in [0.4, 0.5) is 17.2 Å². The Labute approximate surface area is 174 Å². The number of hydrogen-bond acceptors (Lipinski definition) is 6. The number of aromatic nitrogens is 2. The van der Waals surface area contributed by atoms with Crippen molar-refractivity contribution in [3.63, 3.8) is 0 Å². The van der Waals surface area contributed by atoms with Gasteiger partial charge in [0.25, 0.3) is 0 Å². The van der Waals surface area contributed by atoms with E-state index in [-0.39, 0.29) is 0 Å². The second-order valence-corrected chi connectivity index (χ2v) is 8.05. The largest absolute Gasteiger partial charge is 0.378 e. The van der Waals surface area contributed by atoms with Crippen LogP contribution in [0.2, 0.25) is 0 Å². The standard InChI is InChI=1S/C23H22N4OS/c1-16-14-22(25-17-6-8-18(9-7-17)27-10-12-28-13-11-27)26-23(24-16)20-15-29-21-5-3-2-4-19(20)21/h2-9,14-15H,10-13H2,1H3,(H,24,25,26). The number of thiophene rings is 1. The molecule has 146 valence electrons. The first-order valence-electron chi connectivity index (χ1n) is 9.78. The molecule has 0 amide bonds. The fourth-order valence-electron chi connectivity index (χ4n) is 3.63. The highest BCUT2D eigenvalue weighted by atomic mass is 32.1. The first kappa shape index (κ1) is 18.1. The highest BCUT2D eigenvalue weighted by molar-refractivity contribution is 7.17. The van der Waals surface area contributed by atoms with Crippen molar-refractivity contribution in [1.82, 2.24) is 9.97 Å². The molecule has 2 aromatic carbocycles. The number of aryl methyl sites for hydroxylation is 1. The minimum Gasteiger partial charge on any atom is -0.378 e. The fourth-order valence-corrected chi connectivity index (χ4v) is 4.57. The van der Waals surface area contributed by atoms with Gasteiger partial charge in [-0.25, -0.2) is 9.97 Å². The third-order valence-electron chi connectivity index (χ3n) is 5.09. The summed E-state index contributed by atoms with van der Waals surface area (Å²) in [5.41, 5.74) is 4.27. The molecule has 1 N–H and O–H groups in total. The lowest BCUT2D eigenvalue weighted by atomic mass is 10.1. The quantitative estimate of drug-likeness (QED) is 0.505. The number of fused-ring (bicyclic) bond motifs is 1. The predicted octanol–water partition coefficient (Wildman–Crippen LogP) is 5.25. The second kappa shape index (κ2) is 7.81. The van der Waals surface area contributed by atoms with Gasteiger partial charge in [0.15, 0.2) is 5.82 Å². The topological polar surface area (TPSA) is 50.3 Å². The molecule has 1 saturated heterocycles. The monoisotopic (exact) mass is 402 g/mol. The maximum Gasteiger partial charge on any atom is 0.163 e. The van der Waals surface area contributed by atoms with Crippen molar-refractivity contribution in [2.75, 3.05) is 36.5 Å². The maximum atomic E-state index is 5.44. The number of ether oxygens (including phenoxy) is 1. The number of nitrogens with one attached hydrogen (secondary N) is 1. The average Bonchev–Trinajstić information content (AvgIpc) is 3.19. The Bertz CT molecular complexity index is 1130. The number of rotatable bonds is 4. The van der Waals surface area contributed by atoms with Crippen LogP contribution >= 0.6 is 11.3 Å². The summed E-state index contributed by atoms with van der Waals surface area (Å²) in [6.07, 6.45) is 0. The fraction of sp³-hybridized carbons (Fsp3) is 0.217. The van der Waals surface area contributed by atoms with E-state index in [0.717, 1.165) is 54.9 Å². The van der Waals surface area contributed by atoms with E-state index in [2.05, 4.69) is 69.1 Å². The van der Waals surface area contributed by atoms with Gasteiger partial charge in [0.2, 0.25) is 0 Å². The first-order chi connectivity index (χ1) is 14.3. The number of anilines is 3. The second-order valence-electron chi connectivity index (χ2n) is 7.14. The molecule has 0 radical (unpaired) electrons. The molecule has 3 heterocycles. The molecule has 1 aliphatic heterocycles. The third kappa shape index (κ3) is 3.81. The molecule has 0 unspecified atom stereocenters. The van der Waals surface area contributed by atoms with Gasteiger partial charge >= 0.3 is 0 Å². The van der Waals surface area contributed by atoms with Crippen LogP contribution in [0.15, 0.2) is 60.0 Å². The average molecular weight is 403 g/mol. The van der Waals surface area contributed by atoms with E-state index in [9.17, 15) is 0 Å². The van der Waals surface area contributed by atoms with Crippen LogP contribution in [0.25, 0.3) is 21.5 Å². The van der Waals surface area contributed by atoms with Gasteiger partial charge in [-0.1, -0.05) is 18.2 Å². The van der Waals surface area contributed by atoms with Gasteiger partial charge < -0.3 is 15.0 Å². The molecule has 1 aliphatic rings. The Kier molecular flexibility index (Phi) is 4.87. The van der Waals surface area contributed by atoms with E-state index in [1.165, 1.54) is 15.8 Å². The number of hydrogen-bond donors (Lipinski definition) is 1. The van der Waals surface area contributed by atoms with Gasteiger partial charge in [0.1, 0.15) is 5.82 Å².